The van der Waals surface area contributed by atoms with E-state index in [0.29, 0.717) is 19.9 Å². The van der Waals surface area contributed by atoms with Crippen LogP contribution in [0, 0.1) is 5.82 Å². The molecule has 9 heteroatoms. The fraction of sp³-hybridized carbons (Fsp3) is 0.143. The zero-order valence-electron chi connectivity index (χ0n) is 15.9. The molecule has 4 rings (SSSR count). The van der Waals surface area contributed by atoms with Crippen molar-refractivity contribution >= 4 is 69.0 Å². The maximum Gasteiger partial charge on any atom is 0.266 e. The molecule has 5 nitrogen and oxygen atoms in total. The lowest BCUT2D eigenvalue weighted by molar-refractivity contribution is -0.122. The van der Waals surface area contributed by atoms with Crippen LogP contribution >= 0.6 is 35.7 Å². The molecule has 152 valence electrons. The first-order chi connectivity index (χ1) is 14.5. The number of halogens is 1. The predicted molar refractivity (Wildman–Crippen MR) is 123 cm³/mol. The molecule has 1 saturated heterocycles. The highest BCUT2D eigenvalue weighted by Gasteiger charge is 2.32. The topological polar surface area (TPSA) is 55.2 Å². The molecule has 1 aliphatic rings. The van der Waals surface area contributed by atoms with E-state index in [1.165, 1.54) is 40.6 Å². The second-order valence-corrected chi connectivity index (χ2v) is 8.90. The van der Waals surface area contributed by atoms with Crippen molar-refractivity contribution in [3.63, 3.8) is 0 Å². The van der Waals surface area contributed by atoms with Crippen LogP contribution in [0.15, 0.2) is 58.6 Å². The summed E-state index contributed by atoms with van der Waals surface area (Å²) in [6.45, 7) is 0.185. The molecule has 1 aliphatic heterocycles. The number of thioether (sulfide) groups is 2. The maximum atomic E-state index is 13.1. The van der Waals surface area contributed by atoms with Gasteiger partial charge in [0.2, 0.25) is 5.91 Å². The summed E-state index contributed by atoms with van der Waals surface area (Å²) in [5, 5.41) is 0.614. The zero-order chi connectivity index (χ0) is 21.3. The van der Waals surface area contributed by atoms with E-state index in [4.69, 9.17) is 12.2 Å². The third-order valence-corrected chi connectivity index (χ3v) is 6.57. The summed E-state index contributed by atoms with van der Waals surface area (Å²) in [6.07, 6.45) is 3.66. The Hall–Kier alpha value is -2.49. The normalized spacial score (nSPS) is 15.5. The summed E-state index contributed by atoms with van der Waals surface area (Å²) in [5.41, 5.74) is 2.21. The van der Waals surface area contributed by atoms with Crippen molar-refractivity contribution in [3.05, 3.63) is 64.8 Å². The van der Waals surface area contributed by atoms with Crippen molar-refractivity contribution in [1.29, 1.82) is 0 Å². The predicted octanol–water partition coefficient (Wildman–Crippen LogP) is 4.83. The van der Waals surface area contributed by atoms with Gasteiger partial charge in [0.15, 0.2) is 5.16 Å². The molecular weight excluding hydrogens is 441 g/mol. The van der Waals surface area contributed by atoms with Gasteiger partial charge in [-0.15, -0.1) is 0 Å². The molecule has 0 unspecified atom stereocenters. The maximum absolute atomic E-state index is 13.1. The quantitative estimate of drug-likeness (QED) is 0.311. The summed E-state index contributed by atoms with van der Waals surface area (Å²) in [6, 6.07) is 13.3. The van der Waals surface area contributed by atoms with E-state index in [-0.39, 0.29) is 30.6 Å². The first-order valence-corrected chi connectivity index (χ1v) is 11.5. The van der Waals surface area contributed by atoms with E-state index in [0.717, 1.165) is 11.0 Å². The zero-order valence-corrected chi connectivity index (χ0v) is 18.3. The summed E-state index contributed by atoms with van der Waals surface area (Å²) in [5.74, 6) is -0.734. The molecular formula is C21H16FN3O2S3. The van der Waals surface area contributed by atoms with Crippen molar-refractivity contribution < 1.29 is 14.0 Å². The lowest BCUT2D eigenvalue weighted by Crippen LogP contribution is -2.31. The second kappa shape index (κ2) is 8.71. The van der Waals surface area contributed by atoms with Gasteiger partial charge in [-0.25, -0.2) is 9.37 Å². The van der Waals surface area contributed by atoms with Crippen molar-refractivity contribution in [1.82, 2.24) is 14.5 Å². The first kappa shape index (κ1) is 20.8. The van der Waals surface area contributed by atoms with Gasteiger partial charge in [-0.2, -0.15) is 0 Å². The Kier molecular flexibility index (Phi) is 6.03. The highest BCUT2D eigenvalue weighted by Crippen LogP contribution is 2.33. The highest BCUT2D eigenvalue weighted by atomic mass is 32.2. The van der Waals surface area contributed by atoms with Gasteiger partial charge in [0.25, 0.3) is 5.91 Å². The average Bonchev–Trinajstić information content (AvgIpc) is 3.25. The van der Waals surface area contributed by atoms with Crippen LogP contribution in [0.2, 0.25) is 0 Å². The minimum Gasteiger partial charge on any atom is -0.292 e. The van der Waals surface area contributed by atoms with Gasteiger partial charge in [-0.05, 0) is 42.2 Å². The Morgan fingerprint density at radius 2 is 1.97 bits per heavy atom. The lowest BCUT2D eigenvalue weighted by Gasteiger charge is -2.14. The lowest BCUT2D eigenvalue weighted by atomic mass is 10.2. The Morgan fingerprint density at radius 1 is 1.23 bits per heavy atom. The number of imidazole rings is 1. The van der Waals surface area contributed by atoms with Gasteiger partial charge in [-0.1, -0.05) is 60.0 Å². The van der Waals surface area contributed by atoms with E-state index in [9.17, 15) is 14.0 Å². The second-order valence-electron chi connectivity index (χ2n) is 6.45. The van der Waals surface area contributed by atoms with Crippen LogP contribution in [0.3, 0.4) is 0 Å². The fourth-order valence-corrected chi connectivity index (χ4v) is 4.99. The summed E-state index contributed by atoms with van der Waals surface area (Å²) < 4.78 is 15.1. The minimum absolute atomic E-state index is 0.115. The van der Waals surface area contributed by atoms with Gasteiger partial charge in [-0.3, -0.25) is 19.1 Å². The Morgan fingerprint density at radius 3 is 2.70 bits per heavy atom. The molecule has 0 radical (unpaired) electrons. The largest absolute Gasteiger partial charge is 0.292 e. The average molecular weight is 458 g/mol. The number of hydrogen-bond acceptors (Lipinski definition) is 6. The standard InChI is InChI=1S/C21H16FN3O2S3/c1-29-20-23-15-4-2-3-5-16(15)25(20)18(26)10-11-24-19(27)17(30-21(24)28)12-13-6-8-14(22)9-7-13/h2-9,12H,10-11H2,1H3. The molecule has 0 atom stereocenters. The SMILES string of the molecule is CSc1nc2ccccc2n1C(=O)CCN1C(=O)C(=Cc2ccc(F)cc2)SC1=S. The Balaban J connectivity index is 1.50. The number of carbonyl (C=O) groups is 2. The number of para-hydroxylation sites is 2. The van der Waals surface area contributed by atoms with E-state index >= 15 is 0 Å². The Bertz CT molecular complexity index is 1190. The van der Waals surface area contributed by atoms with E-state index in [1.807, 2.05) is 30.5 Å². The number of amides is 1. The number of rotatable bonds is 5. The van der Waals surface area contributed by atoms with Gasteiger partial charge < -0.3 is 0 Å². The van der Waals surface area contributed by atoms with Gasteiger partial charge in [0.1, 0.15) is 10.1 Å². The molecule has 3 aromatic rings. The molecule has 0 spiro atoms. The summed E-state index contributed by atoms with van der Waals surface area (Å²) in [7, 11) is 0. The molecule has 0 N–H and O–H groups in total. The number of aromatic nitrogens is 2. The van der Waals surface area contributed by atoms with Gasteiger partial charge in [0, 0.05) is 13.0 Å². The van der Waals surface area contributed by atoms with Crippen molar-refractivity contribution in [3.8, 4) is 0 Å². The molecule has 2 heterocycles. The molecule has 1 fully saturated rings. The van der Waals surface area contributed by atoms with Crippen LogP contribution in [-0.4, -0.2) is 43.4 Å². The Labute approximate surface area is 186 Å². The molecule has 0 saturated carbocycles. The summed E-state index contributed by atoms with van der Waals surface area (Å²) in [4.78, 5) is 32.1. The van der Waals surface area contributed by atoms with Crippen molar-refractivity contribution in [2.24, 2.45) is 0 Å². The van der Waals surface area contributed by atoms with Gasteiger partial charge >= 0.3 is 0 Å². The molecule has 1 amide bonds. The number of carbonyl (C=O) groups excluding carboxylic acids is 2. The molecule has 30 heavy (non-hydrogen) atoms. The van der Waals surface area contributed by atoms with E-state index < -0.39 is 0 Å². The first-order valence-electron chi connectivity index (χ1n) is 9.03. The number of fused-ring (bicyclic) bond motifs is 1. The summed E-state index contributed by atoms with van der Waals surface area (Å²) >= 11 is 7.92. The van der Waals surface area contributed by atoms with Crippen LogP contribution in [0.25, 0.3) is 17.1 Å². The highest BCUT2D eigenvalue weighted by molar-refractivity contribution is 8.26. The smallest absolute Gasteiger partial charge is 0.266 e. The van der Waals surface area contributed by atoms with E-state index in [1.54, 1.807) is 22.8 Å². The van der Waals surface area contributed by atoms with E-state index in [2.05, 4.69) is 4.98 Å². The third kappa shape index (κ3) is 4.05. The van der Waals surface area contributed by atoms with Crippen LogP contribution in [0.5, 0.6) is 0 Å². The van der Waals surface area contributed by atoms with Crippen LogP contribution in [0.1, 0.15) is 16.8 Å². The fourth-order valence-electron chi connectivity index (χ4n) is 3.10. The molecule has 1 aromatic heterocycles. The number of hydrogen-bond donors (Lipinski definition) is 0. The van der Waals surface area contributed by atoms with Crippen molar-refractivity contribution in [2.45, 2.75) is 11.6 Å². The van der Waals surface area contributed by atoms with Crippen LogP contribution in [0.4, 0.5) is 4.39 Å². The molecule has 2 aromatic carbocycles. The van der Waals surface area contributed by atoms with Crippen molar-refractivity contribution in [2.75, 3.05) is 12.8 Å². The van der Waals surface area contributed by atoms with Gasteiger partial charge in [0.05, 0.1) is 15.9 Å². The minimum atomic E-state index is -0.338. The number of benzene rings is 2. The number of nitrogens with zero attached hydrogens (tertiary/aromatic N) is 3. The monoisotopic (exact) mass is 457 g/mol. The molecule has 0 bridgehead atoms. The number of thiocarbonyl (C=S) groups is 1. The van der Waals surface area contributed by atoms with Crippen LogP contribution < -0.4 is 0 Å². The molecule has 0 aliphatic carbocycles. The third-order valence-electron chi connectivity index (χ3n) is 4.55. The van der Waals surface area contributed by atoms with Crippen LogP contribution in [-0.2, 0) is 4.79 Å².